The third kappa shape index (κ3) is 4.77. The number of urea groups is 1. The van der Waals surface area contributed by atoms with Gasteiger partial charge in [0.1, 0.15) is 5.54 Å². The molecule has 10 heteroatoms. The van der Waals surface area contributed by atoms with Crippen molar-refractivity contribution in [3.63, 3.8) is 0 Å². The second kappa shape index (κ2) is 11.0. The van der Waals surface area contributed by atoms with Gasteiger partial charge in [0.05, 0.1) is 18.7 Å². The second-order valence-corrected chi connectivity index (χ2v) is 14.6. The molecule has 240 valence electrons. The number of carbonyl (C=O) groups is 3. The van der Waals surface area contributed by atoms with Gasteiger partial charge in [-0.05, 0) is 77.2 Å². The van der Waals surface area contributed by atoms with E-state index in [0.29, 0.717) is 32.0 Å². The van der Waals surface area contributed by atoms with Crippen LogP contribution in [0.5, 0.6) is 0 Å². The Labute approximate surface area is 258 Å². The van der Waals surface area contributed by atoms with Crippen LogP contribution in [0.4, 0.5) is 13.6 Å². The molecule has 6 atom stereocenters. The van der Waals surface area contributed by atoms with E-state index in [1.54, 1.807) is 0 Å². The summed E-state index contributed by atoms with van der Waals surface area (Å²) in [6.07, 6.45) is 5.93. The molecule has 0 aromatic heterocycles. The monoisotopic (exact) mass is 612 g/mol. The highest BCUT2D eigenvalue weighted by Gasteiger charge is 2.77. The summed E-state index contributed by atoms with van der Waals surface area (Å²) in [6, 6.07) is 10.0. The zero-order chi connectivity index (χ0) is 30.9. The highest BCUT2D eigenvalue weighted by atomic mass is 19.3. The fourth-order valence-electron chi connectivity index (χ4n) is 9.73. The van der Waals surface area contributed by atoms with Crippen molar-refractivity contribution in [3.05, 3.63) is 35.9 Å². The van der Waals surface area contributed by atoms with Crippen molar-refractivity contribution >= 4 is 17.8 Å². The zero-order valence-corrected chi connectivity index (χ0v) is 26.0. The van der Waals surface area contributed by atoms with Crippen molar-refractivity contribution in [2.45, 2.75) is 126 Å². The van der Waals surface area contributed by atoms with Crippen LogP contribution in [0.2, 0.25) is 0 Å². The summed E-state index contributed by atoms with van der Waals surface area (Å²) in [4.78, 5) is 47.1. The molecule has 44 heavy (non-hydrogen) atoms. The van der Waals surface area contributed by atoms with E-state index in [-0.39, 0.29) is 79.1 Å². The van der Waals surface area contributed by atoms with Gasteiger partial charge in [-0.3, -0.25) is 19.4 Å². The molecule has 3 saturated carbocycles. The van der Waals surface area contributed by atoms with Gasteiger partial charge in [0, 0.05) is 55.5 Å². The van der Waals surface area contributed by atoms with Crippen molar-refractivity contribution < 1.29 is 27.9 Å². The van der Waals surface area contributed by atoms with Crippen LogP contribution < -0.4 is 5.32 Å². The molecule has 3 aliphatic carbocycles. The number of amides is 4. The summed E-state index contributed by atoms with van der Waals surface area (Å²) in [5.41, 5.74) is 0.261. The van der Waals surface area contributed by atoms with Crippen molar-refractivity contribution in [2.24, 2.45) is 11.3 Å². The predicted molar refractivity (Wildman–Crippen MR) is 160 cm³/mol. The Morgan fingerprint density at radius 3 is 2.43 bits per heavy atom. The molecule has 4 amide bonds. The van der Waals surface area contributed by atoms with Crippen LogP contribution in [0.25, 0.3) is 0 Å². The Hall–Kier alpha value is -2.59. The highest BCUT2D eigenvalue weighted by Crippen LogP contribution is 2.69. The fourth-order valence-corrected chi connectivity index (χ4v) is 9.73. The number of ether oxygens (including phenoxy) is 1. The van der Waals surface area contributed by atoms with Crippen LogP contribution in [-0.4, -0.2) is 87.9 Å². The minimum atomic E-state index is -2.67. The standard InChI is InChI=1S/C34H46F2N4O4/c1-22(2)40-31(43)39(20-25-9-6-18-44-25)30(42)33(40)19-28-32(21-33)14-12-27(32)38(28)17-13-26(23-7-4-3-5-8-23)37-29(41)24-10-15-34(35,36)16-11-24/h3-5,7-8,22,24-28H,6,9-21H2,1-2H3,(H,37,41)/t25?,26-,27?,28?,32?,33?/m0/s1. The number of imide groups is 1. The van der Waals surface area contributed by atoms with Crippen LogP contribution in [0.1, 0.15) is 96.1 Å². The summed E-state index contributed by atoms with van der Waals surface area (Å²) in [5.74, 6) is -3.23. The van der Waals surface area contributed by atoms with Crippen LogP contribution in [-0.2, 0) is 14.3 Å². The van der Waals surface area contributed by atoms with Gasteiger partial charge in [0.25, 0.3) is 5.91 Å². The van der Waals surface area contributed by atoms with Gasteiger partial charge in [-0.15, -0.1) is 0 Å². The number of hydrogen-bond donors (Lipinski definition) is 1. The number of rotatable bonds is 9. The third-order valence-corrected chi connectivity index (χ3v) is 11.9. The van der Waals surface area contributed by atoms with E-state index in [9.17, 15) is 23.2 Å². The van der Waals surface area contributed by atoms with Crippen LogP contribution in [0.3, 0.4) is 0 Å². The minimum Gasteiger partial charge on any atom is -0.376 e. The molecular weight excluding hydrogens is 566 g/mol. The first-order valence-corrected chi connectivity index (χ1v) is 16.8. The predicted octanol–water partition coefficient (Wildman–Crippen LogP) is 5.28. The van der Waals surface area contributed by atoms with Crippen molar-refractivity contribution in [1.82, 2.24) is 20.0 Å². The summed E-state index contributed by atoms with van der Waals surface area (Å²) in [6.45, 7) is 5.81. The molecule has 6 fully saturated rings. The smallest absolute Gasteiger partial charge is 0.327 e. The van der Waals surface area contributed by atoms with E-state index in [0.717, 1.165) is 44.2 Å². The lowest BCUT2D eigenvalue weighted by Crippen LogP contribution is -2.74. The summed E-state index contributed by atoms with van der Waals surface area (Å²) in [7, 11) is 0. The van der Waals surface area contributed by atoms with E-state index < -0.39 is 11.5 Å². The second-order valence-electron chi connectivity index (χ2n) is 14.6. The summed E-state index contributed by atoms with van der Waals surface area (Å²) < 4.78 is 33.3. The molecule has 1 aromatic rings. The average molecular weight is 613 g/mol. The Balaban J connectivity index is 1.06. The maximum atomic E-state index is 14.2. The number of likely N-dealkylation sites (tertiary alicyclic amines) is 1. The first-order valence-electron chi connectivity index (χ1n) is 16.8. The van der Waals surface area contributed by atoms with Crippen molar-refractivity contribution in [3.8, 4) is 0 Å². The maximum Gasteiger partial charge on any atom is 0.327 e. The molecule has 6 aliphatic rings. The number of hydrogen-bond acceptors (Lipinski definition) is 5. The highest BCUT2D eigenvalue weighted by molar-refractivity contribution is 6.07. The Morgan fingerprint density at radius 1 is 1.05 bits per heavy atom. The lowest BCUT2D eigenvalue weighted by atomic mass is 9.53. The molecule has 0 radical (unpaired) electrons. The average Bonchev–Trinajstić information content (AvgIpc) is 3.67. The molecule has 0 bridgehead atoms. The van der Waals surface area contributed by atoms with Gasteiger partial charge < -0.3 is 15.0 Å². The molecule has 3 saturated heterocycles. The van der Waals surface area contributed by atoms with E-state index in [2.05, 4.69) is 10.2 Å². The van der Waals surface area contributed by atoms with Gasteiger partial charge in [-0.25, -0.2) is 13.6 Å². The van der Waals surface area contributed by atoms with Gasteiger partial charge in [-0.1, -0.05) is 30.3 Å². The Morgan fingerprint density at radius 2 is 1.80 bits per heavy atom. The number of nitrogens with zero attached hydrogens (tertiary/aromatic N) is 3. The minimum absolute atomic E-state index is 0.0476. The lowest BCUT2D eigenvalue weighted by Gasteiger charge is -2.68. The van der Waals surface area contributed by atoms with Crippen molar-refractivity contribution in [2.75, 3.05) is 19.7 Å². The SMILES string of the molecule is CC(C)N1C(=O)N(CC2CCCO2)C(=O)C12CC1N(CC[C@H](NC(=O)C3CCC(F)(F)CC3)c3ccccc3)C3CCC31C2. The summed E-state index contributed by atoms with van der Waals surface area (Å²) >= 11 is 0. The molecule has 7 rings (SSSR count). The molecular formula is C34H46F2N4O4. The van der Waals surface area contributed by atoms with E-state index in [1.807, 2.05) is 49.1 Å². The lowest BCUT2D eigenvalue weighted by molar-refractivity contribution is -0.189. The van der Waals surface area contributed by atoms with E-state index in [1.165, 1.54) is 4.90 Å². The first-order chi connectivity index (χ1) is 21.0. The van der Waals surface area contributed by atoms with Gasteiger partial charge in [0.15, 0.2) is 0 Å². The fraction of sp³-hybridized carbons (Fsp3) is 0.735. The van der Waals surface area contributed by atoms with Crippen LogP contribution in [0, 0.1) is 11.3 Å². The molecule has 2 spiro atoms. The van der Waals surface area contributed by atoms with Gasteiger partial charge in [-0.2, -0.15) is 0 Å². The van der Waals surface area contributed by atoms with Crippen molar-refractivity contribution in [1.29, 1.82) is 0 Å². The number of benzene rings is 1. The van der Waals surface area contributed by atoms with Crippen LogP contribution >= 0.6 is 0 Å². The number of piperidine rings is 1. The number of carbonyl (C=O) groups excluding carboxylic acids is 3. The van der Waals surface area contributed by atoms with Gasteiger partial charge >= 0.3 is 6.03 Å². The first kappa shape index (κ1) is 30.1. The van der Waals surface area contributed by atoms with E-state index in [4.69, 9.17) is 4.74 Å². The quantitative estimate of drug-likeness (QED) is 0.384. The largest absolute Gasteiger partial charge is 0.376 e. The molecule has 1 aromatic carbocycles. The Kier molecular flexibility index (Phi) is 7.55. The number of alkyl halides is 2. The third-order valence-electron chi connectivity index (χ3n) is 11.9. The normalized spacial score (nSPS) is 35.5. The molecule has 1 N–H and O–H groups in total. The Bertz CT molecular complexity index is 1280. The number of nitrogens with one attached hydrogen (secondary N) is 1. The molecule has 8 nitrogen and oxygen atoms in total. The van der Waals surface area contributed by atoms with E-state index >= 15 is 0 Å². The molecule has 3 aliphatic heterocycles. The maximum absolute atomic E-state index is 14.2. The molecule has 5 unspecified atom stereocenters. The number of halogens is 2. The summed E-state index contributed by atoms with van der Waals surface area (Å²) in [5, 5.41) is 3.22. The van der Waals surface area contributed by atoms with Crippen LogP contribution in [0.15, 0.2) is 30.3 Å². The zero-order valence-electron chi connectivity index (χ0n) is 26.0. The topological polar surface area (TPSA) is 82.2 Å². The van der Waals surface area contributed by atoms with Gasteiger partial charge in [0.2, 0.25) is 11.8 Å². The molecule has 3 heterocycles.